The summed E-state index contributed by atoms with van der Waals surface area (Å²) in [6.45, 7) is 0. The summed E-state index contributed by atoms with van der Waals surface area (Å²) in [4.78, 5) is 0.898. The van der Waals surface area contributed by atoms with E-state index in [0.29, 0.717) is 5.75 Å². The van der Waals surface area contributed by atoms with Crippen LogP contribution in [-0.4, -0.2) is 17.0 Å². The van der Waals surface area contributed by atoms with Crippen molar-refractivity contribution in [3.05, 3.63) is 30.1 Å². The van der Waals surface area contributed by atoms with Crippen LogP contribution in [0.25, 0.3) is 0 Å². The molecule has 18 heavy (non-hydrogen) atoms. The quantitative estimate of drug-likeness (QED) is 0.778. The number of aliphatic hydroxyl groups excluding tert-OH is 1. The summed E-state index contributed by atoms with van der Waals surface area (Å²) in [6, 6.07) is 6.56. The summed E-state index contributed by atoms with van der Waals surface area (Å²) >= 11 is 1.54. The van der Waals surface area contributed by atoms with Crippen LogP contribution in [0.2, 0.25) is 0 Å². The minimum Gasteiger partial charge on any atom is -0.392 e. The zero-order chi connectivity index (χ0) is 12.8. The lowest BCUT2D eigenvalue weighted by atomic mass is 10.0. The van der Waals surface area contributed by atoms with Crippen LogP contribution in [0.4, 0.5) is 4.39 Å². The van der Waals surface area contributed by atoms with Crippen molar-refractivity contribution in [3.8, 4) is 0 Å². The van der Waals surface area contributed by atoms with Gasteiger partial charge in [-0.1, -0.05) is 31.7 Å². The van der Waals surface area contributed by atoms with E-state index in [1.807, 2.05) is 6.07 Å². The Morgan fingerprint density at radius 2 is 2.11 bits per heavy atom. The summed E-state index contributed by atoms with van der Waals surface area (Å²) < 4.78 is 13.0. The van der Waals surface area contributed by atoms with Gasteiger partial charge in [0.25, 0.3) is 0 Å². The van der Waals surface area contributed by atoms with Crippen LogP contribution in [0.15, 0.2) is 29.2 Å². The van der Waals surface area contributed by atoms with Crippen molar-refractivity contribution < 1.29 is 9.50 Å². The molecule has 1 saturated carbocycles. The molecule has 1 aliphatic carbocycles. The summed E-state index contributed by atoms with van der Waals surface area (Å²) in [7, 11) is 0. The van der Waals surface area contributed by atoms with Gasteiger partial charge < -0.3 is 5.11 Å². The molecule has 1 unspecified atom stereocenters. The highest BCUT2D eigenvalue weighted by Crippen LogP contribution is 2.29. The first-order valence-corrected chi connectivity index (χ1v) is 7.79. The van der Waals surface area contributed by atoms with Gasteiger partial charge in [-0.15, -0.1) is 11.8 Å². The maximum absolute atomic E-state index is 13.0. The molecule has 1 atom stereocenters. The van der Waals surface area contributed by atoms with Crippen molar-refractivity contribution in [2.45, 2.75) is 49.5 Å². The molecule has 1 fully saturated rings. The molecule has 2 rings (SSSR count). The van der Waals surface area contributed by atoms with Crippen LogP contribution >= 0.6 is 11.8 Å². The summed E-state index contributed by atoms with van der Waals surface area (Å²) in [6.07, 6.45) is 7.15. The molecular formula is C15H21FOS. The van der Waals surface area contributed by atoms with E-state index >= 15 is 0 Å². The van der Waals surface area contributed by atoms with Gasteiger partial charge in [-0.2, -0.15) is 0 Å². The van der Waals surface area contributed by atoms with Gasteiger partial charge >= 0.3 is 0 Å². The molecule has 1 nitrogen and oxygen atoms in total. The Morgan fingerprint density at radius 3 is 2.83 bits per heavy atom. The minimum atomic E-state index is -0.265. The predicted molar refractivity (Wildman–Crippen MR) is 74.3 cm³/mol. The van der Waals surface area contributed by atoms with Crippen LogP contribution in [-0.2, 0) is 0 Å². The predicted octanol–water partition coefficient (Wildman–Crippen LogP) is 4.25. The maximum atomic E-state index is 13.0. The van der Waals surface area contributed by atoms with Crippen molar-refractivity contribution in [2.75, 3.05) is 5.75 Å². The fourth-order valence-corrected chi connectivity index (χ4v) is 3.48. The number of rotatable bonds is 6. The van der Waals surface area contributed by atoms with Gasteiger partial charge in [-0.25, -0.2) is 4.39 Å². The smallest absolute Gasteiger partial charge is 0.124 e. The minimum absolute atomic E-state index is 0.208. The molecule has 0 radical (unpaired) electrons. The van der Waals surface area contributed by atoms with Crippen molar-refractivity contribution >= 4 is 11.8 Å². The third-order valence-electron chi connectivity index (χ3n) is 3.62. The van der Waals surface area contributed by atoms with Crippen molar-refractivity contribution in [3.63, 3.8) is 0 Å². The average Bonchev–Trinajstić information content (AvgIpc) is 2.87. The monoisotopic (exact) mass is 268 g/mol. The van der Waals surface area contributed by atoms with Crippen molar-refractivity contribution in [2.24, 2.45) is 5.92 Å². The van der Waals surface area contributed by atoms with Gasteiger partial charge in [0.1, 0.15) is 5.82 Å². The Kier molecular flexibility index (Phi) is 5.51. The number of hydrogen-bond donors (Lipinski definition) is 1. The van der Waals surface area contributed by atoms with E-state index in [9.17, 15) is 9.50 Å². The third-order valence-corrected chi connectivity index (χ3v) is 4.76. The molecule has 1 aromatic carbocycles. The maximum Gasteiger partial charge on any atom is 0.124 e. The van der Waals surface area contributed by atoms with E-state index in [4.69, 9.17) is 0 Å². The molecule has 0 amide bonds. The Hall–Kier alpha value is -0.540. The molecule has 1 N–H and O–H groups in total. The number of aliphatic hydroxyl groups is 1. The van der Waals surface area contributed by atoms with Gasteiger partial charge in [0.15, 0.2) is 0 Å². The Balaban J connectivity index is 1.66. The standard InChI is InChI=1S/C15H21FOS/c16-13-6-3-7-15(10-13)18-11-14(17)9-8-12-4-1-2-5-12/h3,6-7,10,12,14,17H,1-2,4-5,8-9,11H2. The van der Waals surface area contributed by atoms with Gasteiger partial charge in [0, 0.05) is 10.6 Å². The molecule has 0 spiro atoms. The molecule has 3 heteroatoms. The zero-order valence-corrected chi connectivity index (χ0v) is 11.5. The molecule has 100 valence electrons. The topological polar surface area (TPSA) is 20.2 Å². The lowest BCUT2D eigenvalue weighted by Crippen LogP contribution is -2.11. The number of benzene rings is 1. The molecule has 0 saturated heterocycles. The molecule has 0 aliphatic heterocycles. The Bertz CT molecular complexity index is 363. The lowest BCUT2D eigenvalue weighted by Gasteiger charge is -2.13. The van der Waals surface area contributed by atoms with Gasteiger partial charge in [0.05, 0.1) is 6.10 Å². The fourth-order valence-electron chi connectivity index (χ4n) is 2.56. The van der Waals surface area contributed by atoms with Crippen molar-refractivity contribution in [1.29, 1.82) is 0 Å². The SMILES string of the molecule is OC(CCC1CCCC1)CSc1cccc(F)c1. The van der Waals surface area contributed by atoms with Crippen LogP contribution in [0, 0.1) is 11.7 Å². The number of hydrogen-bond acceptors (Lipinski definition) is 2. The second-order valence-corrected chi connectivity index (χ2v) is 6.24. The van der Waals surface area contributed by atoms with Crippen molar-refractivity contribution in [1.82, 2.24) is 0 Å². The molecule has 1 aromatic rings. The molecule has 0 aromatic heterocycles. The first-order valence-electron chi connectivity index (χ1n) is 6.80. The van der Waals surface area contributed by atoms with E-state index in [-0.39, 0.29) is 11.9 Å². The largest absolute Gasteiger partial charge is 0.392 e. The Morgan fingerprint density at radius 1 is 1.33 bits per heavy atom. The third kappa shape index (κ3) is 4.62. The van der Waals surface area contributed by atoms with Crippen LogP contribution < -0.4 is 0 Å². The number of halogens is 1. The second-order valence-electron chi connectivity index (χ2n) is 5.15. The van der Waals surface area contributed by atoms with E-state index in [1.54, 1.807) is 6.07 Å². The number of thioether (sulfide) groups is 1. The van der Waals surface area contributed by atoms with E-state index in [1.165, 1.54) is 49.6 Å². The molecular weight excluding hydrogens is 247 g/mol. The van der Waals surface area contributed by atoms with Crippen LogP contribution in [0.3, 0.4) is 0 Å². The second kappa shape index (κ2) is 7.15. The van der Waals surface area contributed by atoms with E-state index in [2.05, 4.69) is 0 Å². The average molecular weight is 268 g/mol. The zero-order valence-electron chi connectivity index (χ0n) is 10.6. The fraction of sp³-hybridized carbons (Fsp3) is 0.600. The van der Waals surface area contributed by atoms with Gasteiger partial charge in [0.2, 0.25) is 0 Å². The normalized spacial score (nSPS) is 18.1. The first-order chi connectivity index (χ1) is 8.74. The van der Waals surface area contributed by atoms with Crippen LogP contribution in [0.5, 0.6) is 0 Å². The molecule has 1 aliphatic rings. The first kappa shape index (κ1) is 13.9. The molecule has 0 heterocycles. The van der Waals surface area contributed by atoms with Crippen LogP contribution in [0.1, 0.15) is 38.5 Å². The summed E-state index contributed by atoms with van der Waals surface area (Å²) in [5.74, 6) is 1.29. The van der Waals surface area contributed by atoms with E-state index < -0.39 is 0 Å². The lowest BCUT2D eigenvalue weighted by molar-refractivity contribution is 0.178. The van der Waals surface area contributed by atoms with E-state index in [0.717, 1.165) is 23.7 Å². The summed E-state index contributed by atoms with van der Waals surface area (Å²) in [5.41, 5.74) is 0. The Labute approximate surface area is 113 Å². The molecule has 0 bridgehead atoms. The highest BCUT2D eigenvalue weighted by molar-refractivity contribution is 7.99. The summed E-state index contributed by atoms with van der Waals surface area (Å²) in [5, 5.41) is 9.93. The highest BCUT2D eigenvalue weighted by atomic mass is 32.2. The highest BCUT2D eigenvalue weighted by Gasteiger charge is 2.16. The van der Waals surface area contributed by atoms with Gasteiger partial charge in [-0.05, 0) is 37.0 Å². The van der Waals surface area contributed by atoms with Gasteiger partial charge in [-0.3, -0.25) is 0 Å².